The van der Waals surface area contributed by atoms with Crippen molar-refractivity contribution in [1.29, 1.82) is 5.26 Å². The summed E-state index contributed by atoms with van der Waals surface area (Å²) in [5.41, 5.74) is 2.23. The lowest BCUT2D eigenvalue weighted by molar-refractivity contribution is -0.122. The standard InChI is InChI=1S/C20H17N3O4/c21-8-7-13-1-3-15(4-2-13)22-20(25)14-9-19(24)23(11-14)16-5-6-17-18(10-16)27-12-26-17/h1-6,10,14H,7,9,11-12H2,(H,22,25). The zero-order valence-corrected chi connectivity index (χ0v) is 14.5. The van der Waals surface area contributed by atoms with Gasteiger partial charge in [0.25, 0.3) is 0 Å². The summed E-state index contributed by atoms with van der Waals surface area (Å²) >= 11 is 0. The SMILES string of the molecule is N#CCc1ccc(NC(=O)C2CC(=O)N(c3ccc4c(c3)OCO4)C2)cc1. The van der Waals surface area contributed by atoms with Gasteiger partial charge < -0.3 is 19.7 Å². The van der Waals surface area contributed by atoms with Crippen LogP contribution in [0.2, 0.25) is 0 Å². The number of anilines is 2. The average Bonchev–Trinajstić information content (AvgIpc) is 3.29. The predicted octanol–water partition coefficient (Wildman–Crippen LogP) is 2.47. The minimum Gasteiger partial charge on any atom is -0.454 e. The summed E-state index contributed by atoms with van der Waals surface area (Å²) in [7, 11) is 0. The Morgan fingerprint density at radius 1 is 1.19 bits per heavy atom. The first-order chi connectivity index (χ1) is 13.1. The molecule has 2 amide bonds. The molecule has 1 N–H and O–H groups in total. The average molecular weight is 363 g/mol. The fourth-order valence-electron chi connectivity index (χ4n) is 3.23. The number of carbonyl (C=O) groups is 2. The van der Waals surface area contributed by atoms with Gasteiger partial charge in [-0.15, -0.1) is 0 Å². The second-order valence-electron chi connectivity index (χ2n) is 6.46. The van der Waals surface area contributed by atoms with E-state index in [1.807, 2.05) is 0 Å². The minimum absolute atomic E-state index is 0.0987. The summed E-state index contributed by atoms with van der Waals surface area (Å²) in [6, 6.07) is 14.5. The number of hydrogen-bond acceptors (Lipinski definition) is 5. The largest absolute Gasteiger partial charge is 0.454 e. The number of amides is 2. The fourth-order valence-corrected chi connectivity index (χ4v) is 3.23. The summed E-state index contributed by atoms with van der Waals surface area (Å²) in [4.78, 5) is 26.5. The van der Waals surface area contributed by atoms with Crippen LogP contribution in [0.4, 0.5) is 11.4 Å². The maximum Gasteiger partial charge on any atom is 0.231 e. The molecule has 0 saturated carbocycles. The van der Waals surface area contributed by atoms with Crippen LogP contribution in [0.3, 0.4) is 0 Å². The van der Waals surface area contributed by atoms with E-state index in [1.54, 1.807) is 47.4 Å². The van der Waals surface area contributed by atoms with Crippen molar-refractivity contribution < 1.29 is 19.1 Å². The first-order valence-electron chi connectivity index (χ1n) is 8.61. The fraction of sp³-hybridized carbons (Fsp3) is 0.250. The Balaban J connectivity index is 1.42. The van der Waals surface area contributed by atoms with Crippen molar-refractivity contribution in [3.63, 3.8) is 0 Å². The van der Waals surface area contributed by atoms with Gasteiger partial charge >= 0.3 is 0 Å². The van der Waals surface area contributed by atoms with E-state index in [1.165, 1.54) is 0 Å². The van der Waals surface area contributed by atoms with Crippen molar-refractivity contribution in [2.75, 3.05) is 23.6 Å². The van der Waals surface area contributed by atoms with Crippen molar-refractivity contribution in [2.45, 2.75) is 12.8 Å². The van der Waals surface area contributed by atoms with Crippen molar-refractivity contribution in [1.82, 2.24) is 0 Å². The van der Waals surface area contributed by atoms with Crippen LogP contribution in [0.1, 0.15) is 12.0 Å². The number of ether oxygens (including phenoxy) is 2. The second kappa shape index (κ2) is 7.00. The molecule has 2 aliphatic heterocycles. The van der Waals surface area contributed by atoms with Gasteiger partial charge in [0.05, 0.1) is 18.4 Å². The number of hydrogen-bond donors (Lipinski definition) is 1. The van der Waals surface area contributed by atoms with Crippen molar-refractivity contribution in [3.05, 3.63) is 48.0 Å². The molecule has 2 heterocycles. The number of nitriles is 1. The highest BCUT2D eigenvalue weighted by Crippen LogP contribution is 2.37. The van der Waals surface area contributed by atoms with E-state index in [2.05, 4.69) is 11.4 Å². The third-order valence-electron chi connectivity index (χ3n) is 4.67. The van der Waals surface area contributed by atoms with E-state index < -0.39 is 5.92 Å². The topological polar surface area (TPSA) is 91.7 Å². The molecule has 0 aliphatic carbocycles. The normalized spacial score (nSPS) is 17.7. The summed E-state index contributed by atoms with van der Waals surface area (Å²) in [6.45, 7) is 0.488. The molecule has 1 fully saturated rings. The van der Waals surface area contributed by atoms with Crippen molar-refractivity contribution >= 4 is 23.2 Å². The van der Waals surface area contributed by atoms with Crippen molar-refractivity contribution in [3.8, 4) is 17.6 Å². The molecular weight excluding hydrogens is 346 g/mol. The molecule has 0 bridgehead atoms. The Morgan fingerprint density at radius 2 is 1.96 bits per heavy atom. The van der Waals surface area contributed by atoms with E-state index >= 15 is 0 Å². The molecule has 0 radical (unpaired) electrons. The Labute approximate surface area is 156 Å². The highest BCUT2D eigenvalue weighted by atomic mass is 16.7. The molecule has 0 spiro atoms. The van der Waals surface area contributed by atoms with Crippen LogP contribution in [0.25, 0.3) is 0 Å². The number of nitrogens with zero attached hydrogens (tertiary/aromatic N) is 2. The van der Waals surface area contributed by atoms with Crippen molar-refractivity contribution in [2.24, 2.45) is 5.92 Å². The van der Waals surface area contributed by atoms with E-state index in [0.29, 0.717) is 35.8 Å². The summed E-state index contributed by atoms with van der Waals surface area (Å²) in [5.74, 6) is 0.532. The first-order valence-corrected chi connectivity index (χ1v) is 8.61. The van der Waals surface area contributed by atoms with Gasteiger partial charge in [-0.2, -0.15) is 5.26 Å². The zero-order chi connectivity index (χ0) is 18.8. The summed E-state index contributed by atoms with van der Waals surface area (Å²) < 4.78 is 10.6. The number of nitrogens with one attached hydrogen (secondary N) is 1. The van der Waals surface area contributed by atoms with Crippen LogP contribution in [0.5, 0.6) is 11.5 Å². The summed E-state index contributed by atoms with van der Waals surface area (Å²) in [5, 5.41) is 11.5. The highest BCUT2D eigenvalue weighted by molar-refractivity contribution is 6.03. The van der Waals surface area contributed by atoms with Gasteiger partial charge in [0.2, 0.25) is 18.6 Å². The van der Waals surface area contributed by atoms with Gasteiger partial charge in [0.15, 0.2) is 11.5 Å². The molecule has 4 rings (SSSR count). The Bertz CT molecular complexity index is 933. The lowest BCUT2D eigenvalue weighted by atomic mass is 10.1. The van der Waals surface area contributed by atoms with Crippen LogP contribution in [-0.2, 0) is 16.0 Å². The molecule has 1 unspecified atom stereocenters. The Kier molecular flexibility index (Phi) is 4.38. The molecule has 7 nitrogen and oxygen atoms in total. The predicted molar refractivity (Wildman–Crippen MR) is 97.4 cm³/mol. The molecule has 0 aromatic heterocycles. The smallest absolute Gasteiger partial charge is 0.231 e. The van der Waals surface area contributed by atoms with Crippen LogP contribution < -0.4 is 19.7 Å². The second-order valence-corrected chi connectivity index (χ2v) is 6.46. The minimum atomic E-state index is -0.429. The van der Waals surface area contributed by atoms with Gasteiger partial charge in [-0.1, -0.05) is 12.1 Å². The highest BCUT2D eigenvalue weighted by Gasteiger charge is 2.35. The third-order valence-corrected chi connectivity index (χ3v) is 4.67. The Morgan fingerprint density at radius 3 is 2.74 bits per heavy atom. The molecule has 7 heteroatoms. The van der Waals surface area contributed by atoms with E-state index in [4.69, 9.17) is 14.7 Å². The number of benzene rings is 2. The molecule has 136 valence electrons. The monoisotopic (exact) mass is 363 g/mol. The Hall–Kier alpha value is -3.53. The van der Waals surface area contributed by atoms with E-state index in [0.717, 1.165) is 5.56 Å². The molecule has 2 aromatic carbocycles. The van der Waals surface area contributed by atoms with Gasteiger partial charge in [0.1, 0.15) is 0 Å². The number of carbonyl (C=O) groups excluding carboxylic acids is 2. The maximum absolute atomic E-state index is 12.5. The van der Waals surface area contributed by atoms with E-state index in [-0.39, 0.29) is 25.0 Å². The molecule has 2 aliphatic rings. The third kappa shape index (κ3) is 3.42. The van der Waals surface area contributed by atoms with Gasteiger partial charge in [0, 0.05) is 30.4 Å². The molecule has 27 heavy (non-hydrogen) atoms. The van der Waals surface area contributed by atoms with Gasteiger partial charge in [-0.25, -0.2) is 0 Å². The maximum atomic E-state index is 12.5. The quantitative estimate of drug-likeness (QED) is 0.901. The van der Waals surface area contributed by atoms with Gasteiger partial charge in [-0.05, 0) is 29.8 Å². The molecular formula is C20H17N3O4. The lowest BCUT2D eigenvalue weighted by Gasteiger charge is -2.17. The van der Waals surface area contributed by atoms with Crippen LogP contribution in [-0.4, -0.2) is 25.2 Å². The lowest BCUT2D eigenvalue weighted by Crippen LogP contribution is -2.28. The first kappa shape index (κ1) is 16.9. The molecule has 1 saturated heterocycles. The van der Waals surface area contributed by atoms with Gasteiger partial charge in [-0.3, -0.25) is 9.59 Å². The zero-order valence-electron chi connectivity index (χ0n) is 14.5. The van der Waals surface area contributed by atoms with E-state index in [9.17, 15) is 9.59 Å². The molecule has 1 atom stereocenters. The van der Waals surface area contributed by atoms with Crippen LogP contribution in [0.15, 0.2) is 42.5 Å². The summed E-state index contributed by atoms with van der Waals surface area (Å²) in [6.07, 6.45) is 0.489. The molecule has 2 aromatic rings. The number of fused-ring (bicyclic) bond motifs is 1. The van der Waals surface area contributed by atoms with Crippen LogP contribution >= 0.6 is 0 Å². The number of rotatable bonds is 4. The van der Waals surface area contributed by atoms with Crippen LogP contribution in [0, 0.1) is 17.2 Å².